The Bertz CT molecular complexity index is 1010. The van der Waals surface area contributed by atoms with Gasteiger partial charge in [-0.3, -0.25) is 14.6 Å². The molecule has 1 aromatic carbocycles. The van der Waals surface area contributed by atoms with Gasteiger partial charge in [0.05, 0.1) is 11.3 Å². The van der Waals surface area contributed by atoms with Gasteiger partial charge >= 0.3 is 6.09 Å². The van der Waals surface area contributed by atoms with Crippen molar-refractivity contribution < 1.29 is 19.5 Å². The Labute approximate surface area is 191 Å². The Hall–Kier alpha value is -3.13. The number of hydrogen-bond acceptors (Lipinski definition) is 4. The number of halogens is 1. The molecule has 1 aromatic heterocycles. The number of nitrogens with zero attached hydrogens (tertiary/aromatic N) is 2. The molecule has 4 rings (SSSR count). The molecule has 0 unspecified atom stereocenters. The van der Waals surface area contributed by atoms with Crippen molar-refractivity contribution in [2.75, 3.05) is 11.9 Å². The van der Waals surface area contributed by atoms with Crippen molar-refractivity contribution in [3.05, 3.63) is 58.9 Å². The summed E-state index contributed by atoms with van der Waals surface area (Å²) in [7, 11) is 0. The van der Waals surface area contributed by atoms with E-state index in [1.807, 2.05) is 12.1 Å². The van der Waals surface area contributed by atoms with Crippen LogP contribution in [0, 0.1) is 5.92 Å². The summed E-state index contributed by atoms with van der Waals surface area (Å²) >= 11 is 6.10. The summed E-state index contributed by atoms with van der Waals surface area (Å²) in [6.07, 6.45) is 3.93. The van der Waals surface area contributed by atoms with Gasteiger partial charge in [0.15, 0.2) is 0 Å². The summed E-state index contributed by atoms with van der Waals surface area (Å²) in [6.45, 7) is 0.422. The molecule has 2 heterocycles. The lowest BCUT2D eigenvalue weighted by molar-refractivity contribution is -0.120. The fourth-order valence-corrected chi connectivity index (χ4v) is 4.70. The number of carbonyl (C=O) groups excluding carboxylic acids is 2. The van der Waals surface area contributed by atoms with E-state index >= 15 is 0 Å². The van der Waals surface area contributed by atoms with Crippen molar-refractivity contribution >= 4 is 35.2 Å². The van der Waals surface area contributed by atoms with Gasteiger partial charge in [-0.05, 0) is 61.9 Å². The van der Waals surface area contributed by atoms with E-state index in [0.717, 1.165) is 18.5 Å². The van der Waals surface area contributed by atoms with Crippen molar-refractivity contribution in [3.8, 4) is 0 Å². The number of benzene rings is 1. The summed E-state index contributed by atoms with van der Waals surface area (Å²) < 4.78 is 0. The molecule has 1 aliphatic heterocycles. The maximum absolute atomic E-state index is 13.6. The van der Waals surface area contributed by atoms with Gasteiger partial charge in [0.25, 0.3) is 5.91 Å². The zero-order valence-corrected chi connectivity index (χ0v) is 18.2. The number of nitrogens with one attached hydrogen (secondary N) is 2. The van der Waals surface area contributed by atoms with Crippen molar-refractivity contribution in [1.82, 2.24) is 15.2 Å². The van der Waals surface area contributed by atoms with E-state index < -0.39 is 12.1 Å². The number of fused-ring (bicyclic) bond motifs is 1. The molecule has 2 aliphatic rings. The first-order valence-corrected chi connectivity index (χ1v) is 11.1. The number of hydrogen-bond donors (Lipinski definition) is 3. The highest BCUT2D eigenvalue weighted by Gasteiger charge is 2.37. The fourth-order valence-electron chi connectivity index (χ4n) is 4.53. The molecular formula is C23H25ClN4O4. The average molecular weight is 457 g/mol. The first-order chi connectivity index (χ1) is 15.4. The second kappa shape index (κ2) is 9.56. The lowest BCUT2D eigenvalue weighted by atomic mass is 9.85. The number of aromatic nitrogens is 1. The molecule has 1 atom stereocenters. The van der Waals surface area contributed by atoms with Crippen LogP contribution in [0.15, 0.2) is 42.6 Å². The number of amides is 3. The first-order valence-electron chi connectivity index (χ1n) is 10.7. The maximum atomic E-state index is 13.6. The van der Waals surface area contributed by atoms with Crippen LogP contribution in [-0.4, -0.2) is 51.5 Å². The molecule has 168 valence electrons. The second-order valence-electron chi connectivity index (χ2n) is 8.34. The molecule has 2 aromatic rings. The van der Waals surface area contributed by atoms with E-state index in [-0.39, 0.29) is 23.8 Å². The molecule has 32 heavy (non-hydrogen) atoms. The Kier molecular flexibility index (Phi) is 6.60. The molecule has 1 aliphatic carbocycles. The minimum Gasteiger partial charge on any atom is -0.465 e. The van der Waals surface area contributed by atoms with E-state index in [2.05, 4.69) is 15.6 Å². The maximum Gasteiger partial charge on any atom is 0.404 e. The standard InChI is InChI=1S/C23H25ClN4O4/c24-15-6-9-18-19(11-15)27-21(29)20(12-17-3-1-2-10-25-17)28(22(18)30)13-14-4-7-16(8-5-14)26-23(31)32/h1-3,6,9-11,14,16,20,26H,4-5,7-8,12-13H2,(H,27,29)(H,31,32)/t14-,16-,20-/m1/s1. The molecule has 1 saturated carbocycles. The van der Waals surface area contributed by atoms with Crippen molar-refractivity contribution in [2.24, 2.45) is 5.92 Å². The predicted octanol–water partition coefficient (Wildman–Crippen LogP) is 3.57. The van der Waals surface area contributed by atoms with Crippen molar-refractivity contribution in [3.63, 3.8) is 0 Å². The van der Waals surface area contributed by atoms with E-state index in [4.69, 9.17) is 16.7 Å². The SMILES string of the molecule is O=C(O)N[C@H]1CC[C@H](CN2C(=O)c3ccc(Cl)cc3NC(=O)[C@H]2Cc2ccccn2)CC1. The van der Waals surface area contributed by atoms with E-state index in [0.29, 0.717) is 42.1 Å². The van der Waals surface area contributed by atoms with Crippen LogP contribution in [0.2, 0.25) is 5.02 Å². The molecular weight excluding hydrogens is 432 g/mol. The number of anilines is 1. The predicted molar refractivity (Wildman–Crippen MR) is 120 cm³/mol. The van der Waals surface area contributed by atoms with Gasteiger partial charge in [-0.25, -0.2) is 4.79 Å². The van der Waals surface area contributed by atoms with Crippen LogP contribution in [0.4, 0.5) is 10.5 Å². The molecule has 3 N–H and O–H groups in total. The number of carboxylic acid groups (broad SMARTS) is 1. The number of rotatable bonds is 5. The zero-order valence-electron chi connectivity index (χ0n) is 17.5. The van der Waals surface area contributed by atoms with Crippen LogP contribution < -0.4 is 10.6 Å². The number of carbonyl (C=O) groups is 3. The number of pyridine rings is 1. The van der Waals surface area contributed by atoms with Crippen molar-refractivity contribution in [2.45, 2.75) is 44.2 Å². The minimum atomic E-state index is -1.02. The van der Waals surface area contributed by atoms with Gasteiger partial charge in [0.1, 0.15) is 6.04 Å². The van der Waals surface area contributed by atoms with E-state index in [9.17, 15) is 14.4 Å². The van der Waals surface area contributed by atoms with Gasteiger partial charge < -0.3 is 20.6 Å². The molecule has 0 bridgehead atoms. The third-order valence-electron chi connectivity index (χ3n) is 6.17. The van der Waals surface area contributed by atoms with E-state index in [1.54, 1.807) is 35.4 Å². The fraction of sp³-hybridized carbons (Fsp3) is 0.391. The lowest BCUT2D eigenvalue weighted by Gasteiger charge is -2.35. The average Bonchev–Trinajstić information content (AvgIpc) is 2.85. The van der Waals surface area contributed by atoms with Gasteiger partial charge in [0.2, 0.25) is 5.91 Å². The highest BCUT2D eigenvalue weighted by atomic mass is 35.5. The van der Waals surface area contributed by atoms with Crippen molar-refractivity contribution in [1.29, 1.82) is 0 Å². The quantitative estimate of drug-likeness (QED) is 0.636. The highest BCUT2D eigenvalue weighted by molar-refractivity contribution is 6.31. The van der Waals surface area contributed by atoms with Gasteiger partial charge in [0, 0.05) is 35.9 Å². The van der Waals surface area contributed by atoms with E-state index in [1.165, 1.54) is 0 Å². The largest absolute Gasteiger partial charge is 0.465 e. The van der Waals surface area contributed by atoms with Gasteiger partial charge in [-0.2, -0.15) is 0 Å². The van der Waals surface area contributed by atoms with Crippen LogP contribution in [0.25, 0.3) is 0 Å². The zero-order chi connectivity index (χ0) is 22.7. The van der Waals surface area contributed by atoms with Crippen LogP contribution in [0.1, 0.15) is 41.7 Å². The highest BCUT2D eigenvalue weighted by Crippen LogP contribution is 2.31. The molecule has 0 radical (unpaired) electrons. The molecule has 3 amide bonds. The molecule has 8 nitrogen and oxygen atoms in total. The Balaban J connectivity index is 1.58. The molecule has 0 saturated heterocycles. The topological polar surface area (TPSA) is 112 Å². The minimum absolute atomic E-state index is 0.0703. The van der Waals surface area contributed by atoms with Crippen LogP contribution >= 0.6 is 11.6 Å². The Morgan fingerprint density at radius 1 is 1.19 bits per heavy atom. The van der Waals surface area contributed by atoms with Crippen LogP contribution in [-0.2, 0) is 11.2 Å². The third-order valence-corrected chi connectivity index (χ3v) is 6.40. The van der Waals surface area contributed by atoms with Crippen LogP contribution in [0.5, 0.6) is 0 Å². The molecule has 1 fully saturated rings. The van der Waals surface area contributed by atoms with Gasteiger partial charge in [-0.1, -0.05) is 17.7 Å². The summed E-state index contributed by atoms with van der Waals surface area (Å²) in [5, 5.41) is 14.8. The lowest BCUT2D eigenvalue weighted by Crippen LogP contribution is -2.49. The first kappa shape index (κ1) is 22.1. The summed E-state index contributed by atoms with van der Waals surface area (Å²) in [5.41, 5.74) is 1.55. The summed E-state index contributed by atoms with van der Waals surface area (Å²) in [5.74, 6) is -0.313. The molecule has 0 spiro atoms. The normalized spacial score (nSPS) is 23.2. The monoisotopic (exact) mass is 456 g/mol. The smallest absolute Gasteiger partial charge is 0.404 e. The van der Waals surface area contributed by atoms with Gasteiger partial charge in [-0.15, -0.1) is 0 Å². The Morgan fingerprint density at radius 2 is 1.97 bits per heavy atom. The van der Waals surface area contributed by atoms with Crippen LogP contribution in [0.3, 0.4) is 0 Å². The summed E-state index contributed by atoms with van der Waals surface area (Å²) in [4.78, 5) is 43.7. The third kappa shape index (κ3) is 5.02. The summed E-state index contributed by atoms with van der Waals surface area (Å²) in [6, 6.07) is 9.60. The Morgan fingerprint density at radius 3 is 2.66 bits per heavy atom. The second-order valence-corrected chi connectivity index (χ2v) is 8.78. The molecule has 9 heteroatoms.